The van der Waals surface area contributed by atoms with Gasteiger partial charge in [0.15, 0.2) is 0 Å². The number of aromatic nitrogens is 1. The lowest BCUT2D eigenvalue weighted by molar-refractivity contribution is 0.0751. The van der Waals surface area contributed by atoms with Crippen molar-refractivity contribution in [2.75, 3.05) is 31.1 Å². The molecule has 1 aliphatic heterocycles. The highest BCUT2D eigenvalue weighted by molar-refractivity contribution is 7.21. The van der Waals surface area contributed by atoms with Gasteiger partial charge in [-0.05, 0) is 42.5 Å². The smallest absolute Gasteiger partial charge is 0.264 e. The molecule has 3 heterocycles. The molecule has 1 fully saturated rings. The summed E-state index contributed by atoms with van der Waals surface area (Å²) in [7, 11) is 1.73. The fourth-order valence-electron chi connectivity index (χ4n) is 4.12. The molecule has 0 bridgehead atoms. The third-order valence-corrected chi connectivity index (χ3v) is 7.41. The van der Waals surface area contributed by atoms with Crippen molar-refractivity contribution in [3.05, 3.63) is 73.8 Å². The average Bonchev–Trinajstić information content (AvgIpc) is 3.23. The third kappa shape index (κ3) is 3.59. The number of thiophene rings is 1. The number of nitrogens with zero attached hydrogens (tertiary/aromatic N) is 3. The van der Waals surface area contributed by atoms with E-state index < -0.39 is 0 Å². The van der Waals surface area contributed by atoms with E-state index in [9.17, 15) is 9.59 Å². The highest BCUT2D eigenvalue weighted by atomic mass is 35.5. The van der Waals surface area contributed by atoms with Gasteiger partial charge in [-0.1, -0.05) is 29.3 Å². The Morgan fingerprint density at radius 2 is 1.68 bits per heavy atom. The Balaban J connectivity index is 1.44. The number of amides is 1. The highest BCUT2D eigenvalue weighted by Gasteiger charge is 2.25. The van der Waals surface area contributed by atoms with Gasteiger partial charge < -0.3 is 14.4 Å². The topological polar surface area (TPSA) is 45.6 Å². The van der Waals surface area contributed by atoms with Gasteiger partial charge in [-0.2, -0.15) is 0 Å². The van der Waals surface area contributed by atoms with Gasteiger partial charge in [0.25, 0.3) is 11.5 Å². The van der Waals surface area contributed by atoms with E-state index in [0.29, 0.717) is 33.4 Å². The average molecular weight is 472 g/mol. The van der Waals surface area contributed by atoms with Crippen LogP contribution in [-0.4, -0.2) is 41.6 Å². The molecule has 0 N–H and O–H groups in total. The van der Waals surface area contributed by atoms with Crippen molar-refractivity contribution in [1.29, 1.82) is 0 Å². The van der Waals surface area contributed by atoms with Crippen molar-refractivity contribution >= 4 is 67.1 Å². The molecule has 0 radical (unpaired) electrons. The van der Waals surface area contributed by atoms with Crippen molar-refractivity contribution < 1.29 is 4.79 Å². The van der Waals surface area contributed by atoms with E-state index in [2.05, 4.69) is 4.90 Å². The van der Waals surface area contributed by atoms with Crippen LogP contribution >= 0.6 is 34.5 Å². The monoisotopic (exact) mass is 471 g/mol. The molecule has 0 unspecified atom stereocenters. The lowest BCUT2D eigenvalue weighted by Crippen LogP contribution is -2.48. The number of fused-ring (bicyclic) bond motifs is 3. The number of benzene rings is 2. The van der Waals surface area contributed by atoms with Gasteiger partial charge in [0.2, 0.25) is 0 Å². The summed E-state index contributed by atoms with van der Waals surface area (Å²) in [5.41, 5.74) is 1.71. The van der Waals surface area contributed by atoms with Crippen LogP contribution in [0, 0.1) is 0 Å². The van der Waals surface area contributed by atoms with Crippen LogP contribution in [0.2, 0.25) is 10.0 Å². The summed E-state index contributed by atoms with van der Waals surface area (Å²) in [5.74, 6) is -0.0314. The number of hydrogen-bond donors (Lipinski definition) is 0. The molecule has 2 aromatic carbocycles. The normalized spacial score (nSPS) is 14.5. The zero-order valence-corrected chi connectivity index (χ0v) is 19.1. The van der Waals surface area contributed by atoms with E-state index in [1.165, 1.54) is 11.3 Å². The van der Waals surface area contributed by atoms with E-state index >= 15 is 0 Å². The highest BCUT2D eigenvalue weighted by Crippen LogP contribution is 2.32. The number of carbonyl (C=O) groups excluding carboxylic acids is 1. The molecule has 31 heavy (non-hydrogen) atoms. The van der Waals surface area contributed by atoms with Crippen molar-refractivity contribution in [1.82, 2.24) is 9.47 Å². The molecule has 0 aliphatic carbocycles. The molecule has 8 heteroatoms. The maximum atomic E-state index is 13.2. The second kappa shape index (κ2) is 7.86. The minimum absolute atomic E-state index is 0.0314. The van der Waals surface area contributed by atoms with Gasteiger partial charge >= 0.3 is 0 Å². The van der Waals surface area contributed by atoms with Crippen LogP contribution in [0.5, 0.6) is 0 Å². The lowest BCUT2D eigenvalue weighted by atomic mass is 10.1. The number of anilines is 1. The number of pyridine rings is 1. The van der Waals surface area contributed by atoms with Gasteiger partial charge in [-0.15, -0.1) is 11.3 Å². The zero-order valence-electron chi connectivity index (χ0n) is 16.8. The fraction of sp³-hybridized carbons (Fsp3) is 0.217. The molecule has 4 aromatic rings. The second-order valence-electron chi connectivity index (χ2n) is 7.64. The summed E-state index contributed by atoms with van der Waals surface area (Å²) >= 11 is 13.6. The summed E-state index contributed by atoms with van der Waals surface area (Å²) in [4.78, 5) is 30.8. The number of rotatable bonds is 2. The van der Waals surface area contributed by atoms with Crippen molar-refractivity contribution in [3.63, 3.8) is 0 Å². The van der Waals surface area contributed by atoms with Gasteiger partial charge in [0.1, 0.15) is 0 Å². The zero-order chi connectivity index (χ0) is 21.7. The predicted molar refractivity (Wildman–Crippen MR) is 129 cm³/mol. The van der Waals surface area contributed by atoms with Crippen LogP contribution in [0.4, 0.5) is 5.69 Å². The molecule has 0 spiro atoms. The number of aryl methyl sites for hydroxylation is 1. The molecule has 5 rings (SSSR count). The van der Waals surface area contributed by atoms with E-state index in [4.69, 9.17) is 23.2 Å². The standard InChI is InChI=1S/C23H19Cl2N3O2S/c1-26-19-12-15(25)5-6-17(19)21-18(22(26)29)13-20(31-21)23(30)28-9-7-27(8-10-28)16-4-2-3-14(24)11-16/h2-6,11-13H,7-10H2,1H3. The van der Waals surface area contributed by atoms with Gasteiger partial charge in [-0.25, -0.2) is 0 Å². The molecular weight excluding hydrogens is 453 g/mol. The Morgan fingerprint density at radius 3 is 2.42 bits per heavy atom. The Bertz CT molecular complexity index is 1390. The Hall–Kier alpha value is -2.54. The quantitative estimate of drug-likeness (QED) is 0.412. The first kappa shape index (κ1) is 20.4. The number of halogens is 2. The lowest BCUT2D eigenvalue weighted by Gasteiger charge is -2.36. The fourth-order valence-corrected chi connectivity index (χ4v) is 5.62. The van der Waals surface area contributed by atoms with Crippen LogP contribution in [-0.2, 0) is 7.05 Å². The Labute approximate surface area is 193 Å². The molecule has 5 nitrogen and oxygen atoms in total. The van der Waals surface area contributed by atoms with Crippen LogP contribution in [0.25, 0.3) is 21.0 Å². The van der Waals surface area contributed by atoms with Crippen molar-refractivity contribution in [3.8, 4) is 0 Å². The van der Waals surface area contributed by atoms with Crippen LogP contribution < -0.4 is 10.5 Å². The molecule has 1 amide bonds. The minimum Gasteiger partial charge on any atom is -0.368 e. The number of piperazine rings is 1. The van der Waals surface area contributed by atoms with E-state index in [1.807, 2.05) is 41.3 Å². The first-order chi connectivity index (χ1) is 14.9. The second-order valence-corrected chi connectivity index (χ2v) is 9.56. The van der Waals surface area contributed by atoms with Crippen LogP contribution in [0.15, 0.2) is 53.3 Å². The third-order valence-electron chi connectivity index (χ3n) is 5.78. The van der Waals surface area contributed by atoms with Gasteiger partial charge in [0.05, 0.1) is 15.8 Å². The molecule has 0 saturated carbocycles. The van der Waals surface area contributed by atoms with Crippen molar-refractivity contribution in [2.24, 2.45) is 7.05 Å². The maximum Gasteiger partial charge on any atom is 0.264 e. The molecular formula is C23H19Cl2N3O2S. The van der Waals surface area contributed by atoms with Crippen molar-refractivity contribution in [2.45, 2.75) is 0 Å². The summed E-state index contributed by atoms with van der Waals surface area (Å²) in [6.45, 7) is 2.71. The Kier molecular flexibility index (Phi) is 5.16. The molecule has 2 aromatic heterocycles. The minimum atomic E-state index is -0.120. The molecule has 0 atom stereocenters. The van der Waals surface area contributed by atoms with E-state index in [1.54, 1.807) is 23.7 Å². The largest absolute Gasteiger partial charge is 0.368 e. The molecule has 1 saturated heterocycles. The SMILES string of the molecule is Cn1c(=O)c2cc(C(=O)N3CCN(c4cccc(Cl)c4)CC3)sc2c2ccc(Cl)cc21. The summed E-state index contributed by atoms with van der Waals surface area (Å²) in [6.07, 6.45) is 0. The van der Waals surface area contributed by atoms with Crippen LogP contribution in [0.1, 0.15) is 9.67 Å². The maximum absolute atomic E-state index is 13.2. The van der Waals surface area contributed by atoms with Crippen LogP contribution in [0.3, 0.4) is 0 Å². The predicted octanol–water partition coefficient (Wildman–Crippen LogP) is 5.02. The molecule has 158 valence electrons. The van der Waals surface area contributed by atoms with E-state index in [-0.39, 0.29) is 11.5 Å². The van der Waals surface area contributed by atoms with Gasteiger partial charge in [0, 0.05) is 59.0 Å². The Morgan fingerprint density at radius 1 is 0.935 bits per heavy atom. The van der Waals surface area contributed by atoms with Gasteiger partial charge in [-0.3, -0.25) is 9.59 Å². The first-order valence-corrected chi connectivity index (χ1v) is 11.5. The number of carbonyl (C=O) groups is 1. The summed E-state index contributed by atoms with van der Waals surface area (Å²) in [6, 6.07) is 15.0. The van der Waals surface area contributed by atoms with E-state index in [0.717, 1.165) is 34.4 Å². The first-order valence-electron chi connectivity index (χ1n) is 9.94. The number of hydrogen-bond acceptors (Lipinski definition) is 4. The summed E-state index contributed by atoms with van der Waals surface area (Å²) in [5, 5.41) is 2.78. The summed E-state index contributed by atoms with van der Waals surface area (Å²) < 4.78 is 2.42. The molecule has 1 aliphatic rings.